The third-order valence-electron chi connectivity index (χ3n) is 4.17. The van der Waals surface area contributed by atoms with Crippen molar-refractivity contribution in [3.8, 4) is 17.2 Å². The average molecular weight is 378 g/mol. The minimum atomic E-state index is -0.693. The van der Waals surface area contributed by atoms with Crippen molar-refractivity contribution in [2.75, 3.05) is 19.5 Å². The maximum absolute atomic E-state index is 12.6. The number of amides is 1. The number of carbonyl (C=O) groups excluding carboxylic acids is 1. The van der Waals surface area contributed by atoms with Crippen molar-refractivity contribution >= 4 is 23.2 Å². The first-order valence-corrected chi connectivity index (χ1v) is 8.61. The molecule has 5 nitrogen and oxygen atoms in total. The molecule has 0 spiro atoms. The Balaban J connectivity index is 2.20. The fourth-order valence-electron chi connectivity index (χ4n) is 2.56. The van der Waals surface area contributed by atoms with Gasteiger partial charge in [-0.15, -0.1) is 0 Å². The standard InChI is InChI=1S/C20H24ClNO4/c1-11-7-12(2)13(3)17(8-11)26-14(4)20(23)22-16-10-18(24-5)15(21)9-19(16)25-6/h7-10,14H,1-6H3,(H,22,23). The maximum Gasteiger partial charge on any atom is 0.265 e. The summed E-state index contributed by atoms with van der Waals surface area (Å²) >= 11 is 6.09. The summed E-state index contributed by atoms with van der Waals surface area (Å²) in [6.45, 7) is 7.69. The van der Waals surface area contributed by atoms with Crippen molar-refractivity contribution in [3.63, 3.8) is 0 Å². The highest BCUT2D eigenvalue weighted by atomic mass is 35.5. The van der Waals surface area contributed by atoms with Gasteiger partial charge in [0.25, 0.3) is 5.91 Å². The predicted octanol–water partition coefficient (Wildman–Crippen LogP) is 4.69. The number of aryl methyl sites for hydroxylation is 2. The first-order chi connectivity index (χ1) is 12.3. The van der Waals surface area contributed by atoms with Crippen LogP contribution in [0.3, 0.4) is 0 Å². The number of ether oxygens (including phenoxy) is 3. The molecule has 0 radical (unpaired) electrons. The van der Waals surface area contributed by atoms with E-state index >= 15 is 0 Å². The van der Waals surface area contributed by atoms with Gasteiger partial charge in [-0.25, -0.2) is 0 Å². The fraction of sp³-hybridized carbons (Fsp3) is 0.350. The molecule has 140 valence electrons. The van der Waals surface area contributed by atoms with E-state index in [-0.39, 0.29) is 5.91 Å². The lowest BCUT2D eigenvalue weighted by atomic mass is 10.1. The Morgan fingerprint density at radius 3 is 2.27 bits per heavy atom. The van der Waals surface area contributed by atoms with Gasteiger partial charge in [0.1, 0.15) is 17.2 Å². The van der Waals surface area contributed by atoms with Gasteiger partial charge in [-0.05, 0) is 50.5 Å². The summed E-state index contributed by atoms with van der Waals surface area (Å²) < 4.78 is 16.4. The number of carbonyl (C=O) groups is 1. The van der Waals surface area contributed by atoms with Gasteiger partial charge in [0.05, 0.1) is 24.9 Å². The highest BCUT2D eigenvalue weighted by molar-refractivity contribution is 6.32. The zero-order chi connectivity index (χ0) is 19.4. The molecular weight excluding hydrogens is 354 g/mol. The lowest BCUT2D eigenvalue weighted by Crippen LogP contribution is -2.30. The Bertz CT molecular complexity index is 820. The lowest BCUT2D eigenvalue weighted by molar-refractivity contribution is -0.122. The smallest absolute Gasteiger partial charge is 0.265 e. The molecule has 0 aliphatic heterocycles. The summed E-state index contributed by atoms with van der Waals surface area (Å²) in [4.78, 5) is 12.6. The number of benzene rings is 2. The highest BCUT2D eigenvalue weighted by Gasteiger charge is 2.19. The molecule has 0 aliphatic carbocycles. The van der Waals surface area contributed by atoms with Crippen molar-refractivity contribution in [2.45, 2.75) is 33.8 Å². The Labute approximate surface area is 159 Å². The fourth-order valence-corrected chi connectivity index (χ4v) is 2.79. The van der Waals surface area contributed by atoms with Crippen LogP contribution in [0.15, 0.2) is 24.3 Å². The molecule has 0 aromatic heterocycles. The van der Waals surface area contributed by atoms with Crippen molar-refractivity contribution in [1.29, 1.82) is 0 Å². The van der Waals surface area contributed by atoms with Crippen LogP contribution in [0.2, 0.25) is 5.02 Å². The second kappa shape index (κ2) is 8.32. The summed E-state index contributed by atoms with van der Waals surface area (Å²) in [7, 11) is 3.01. The van der Waals surface area contributed by atoms with Crippen molar-refractivity contribution in [3.05, 3.63) is 46.0 Å². The van der Waals surface area contributed by atoms with E-state index in [1.165, 1.54) is 14.2 Å². The lowest BCUT2D eigenvalue weighted by Gasteiger charge is -2.19. The summed E-state index contributed by atoms with van der Waals surface area (Å²) in [5, 5.41) is 3.20. The molecule has 0 heterocycles. The SMILES string of the molecule is COc1cc(NC(=O)C(C)Oc2cc(C)cc(C)c2C)c(OC)cc1Cl. The van der Waals surface area contributed by atoms with Crippen LogP contribution in [0.1, 0.15) is 23.6 Å². The molecule has 1 unspecified atom stereocenters. The number of hydrogen-bond acceptors (Lipinski definition) is 4. The van der Waals surface area contributed by atoms with Gasteiger partial charge in [-0.2, -0.15) is 0 Å². The molecule has 2 rings (SSSR count). The van der Waals surface area contributed by atoms with E-state index in [4.69, 9.17) is 25.8 Å². The Hall–Kier alpha value is -2.40. The van der Waals surface area contributed by atoms with E-state index in [1.807, 2.05) is 26.8 Å². The highest BCUT2D eigenvalue weighted by Crippen LogP contribution is 2.36. The summed E-state index contributed by atoms with van der Waals surface area (Å²) in [5.74, 6) is 1.29. The van der Waals surface area contributed by atoms with Gasteiger partial charge in [0.2, 0.25) is 0 Å². The topological polar surface area (TPSA) is 56.8 Å². The minimum Gasteiger partial charge on any atom is -0.495 e. The third-order valence-corrected chi connectivity index (χ3v) is 4.46. The van der Waals surface area contributed by atoms with E-state index in [0.717, 1.165) is 16.7 Å². The van der Waals surface area contributed by atoms with Gasteiger partial charge < -0.3 is 19.5 Å². The molecule has 1 N–H and O–H groups in total. The third kappa shape index (κ3) is 4.41. The van der Waals surface area contributed by atoms with Crippen LogP contribution >= 0.6 is 11.6 Å². The minimum absolute atomic E-state index is 0.300. The van der Waals surface area contributed by atoms with Crippen molar-refractivity contribution in [2.24, 2.45) is 0 Å². The predicted molar refractivity (Wildman–Crippen MR) is 104 cm³/mol. The van der Waals surface area contributed by atoms with Crippen LogP contribution in [0.4, 0.5) is 5.69 Å². The van der Waals surface area contributed by atoms with E-state index < -0.39 is 6.10 Å². The molecule has 1 atom stereocenters. The second-order valence-electron chi connectivity index (χ2n) is 6.14. The molecule has 0 saturated heterocycles. The van der Waals surface area contributed by atoms with Gasteiger partial charge >= 0.3 is 0 Å². The quantitative estimate of drug-likeness (QED) is 0.793. The second-order valence-corrected chi connectivity index (χ2v) is 6.55. The van der Waals surface area contributed by atoms with Crippen LogP contribution in [0.25, 0.3) is 0 Å². The number of rotatable bonds is 6. The Morgan fingerprint density at radius 2 is 1.65 bits per heavy atom. The molecule has 0 bridgehead atoms. The van der Waals surface area contributed by atoms with Crippen LogP contribution in [0, 0.1) is 20.8 Å². The van der Waals surface area contributed by atoms with Crippen LogP contribution in [-0.4, -0.2) is 26.2 Å². The van der Waals surface area contributed by atoms with E-state index in [9.17, 15) is 4.79 Å². The van der Waals surface area contributed by atoms with Gasteiger partial charge in [0, 0.05) is 12.1 Å². The normalized spacial score (nSPS) is 11.7. The van der Waals surface area contributed by atoms with Crippen LogP contribution in [0.5, 0.6) is 17.2 Å². The first kappa shape index (κ1) is 19.9. The monoisotopic (exact) mass is 377 g/mol. The van der Waals surface area contributed by atoms with E-state index in [1.54, 1.807) is 19.1 Å². The van der Waals surface area contributed by atoms with E-state index in [0.29, 0.717) is 28.0 Å². The molecule has 0 aliphatic rings. The number of halogens is 1. The largest absolute Gasteiger partial charge is 0.495 e. The number of methoxy groups -OCH3 is 2. The molecule has 6 heteroatoms. The molecule has 0 fully saturated rings. The Morgan fingerprint density at radius 1 is 1.00 bits per heavy atom. The summed E-state index contributed by atoms with van der Waals surface area (Å²) in [6, 6.07) is 7.22. The first-order valence-electron chi connectivity index (χ1n) is 8.23. The molecular formula is C20H24ClNO4. The molecule has 1 amide bonds. The molecule has 26 heavy (non-hydrogen) atoms. The zero-order valence-electron chi connectivity index (χ0n) is 15.9. The van der Waals surface area contributed by atoms with Gasteiger partial charge in [-0.3, -0.25) is 4.79 Å². The van der Waals surface area contributed by atoms with Gasteiger partial charge in [0.15, 0.2) is 6.10 Å². The molecule has 0 saturated carbocycles. The number of hydrogen-bond donors (Lipinski definition) is 1. The van der Waals surface area contributed by atoms with E-state index in [2.05, 4.69) is 11.4 Å². The van der Waals surface area contributed by atoms with Crippen molar-refractivity contribution in [1.82, 2.24) is 0 Å². The Kier molecular flexibility index (Phi) is 6.37. The molecule has 2 aromatic carbocycles. The number of anilines is 1. The van der Waals surface area contributed by atoms with Gasteiger partial charge in [-0.1, -0.05) is 17.7 Å². The zero-order valence-corrected chi connectivity index (χ0v) is 16.7. The average Bonchev–Trinajstić information content (AvgIpc) is 2.60. The number of nitrogens with one attached hydrogen (secondary N) is 1. The summed E-state index contributed by atoms with van der Waals surface area (Å²) in [5.41, 5.74) is 3.68. The van der Waals surface area contributed by atoms with Crippen LogP contribution in [-0.2, 0) is 4.79 Å². The maximum atomic E-state index is 12.6. The van der Waals surface area contributed by atoms with Crippen molar-refractivity contribution < 1.29 is 19.0 Å². The summed E-state index contributed by atoms with van der Waals surface area (Å²) in [6.07, 6.45) is -0.693. The molecule has 2 aromatic rings. The van der Waals surface area contributed by atoms with Crippen LogP contribution < -0.4 is 19.5 Å².